The van der Waals surface area contributed by atoms with Gasteiger partial charge >= 0.3 is 0 Å². The van der Waals surface area contributed by atoms with Crippen LogP contribution in [0.15, 0.2) is 18.2 Å². The van der Waals surface area contributed by atoms with Crippen LogP contribution in [0.1, 0.15) is 37.3 Å². The summed E-state index contributed by atoms with van der Waals surface area (Å²) in [5.41, 5.74) is 2.38. The molecule has 0 unspecified atom stereocenters. The van der Waals surface area contributed by atoms with Crippen LogP contribution >= 0.6 is 0 Å². The van der Waals surface area contributed by atoms with Gasteiger partial charge in [0, 0.05) is 6.54 Å². The molecular weight excluding hydrogens is 338 g/mol. The van der Waals surface area contributed by atoms with Crippen molar-refractivity contribution in [3.05, 3.63) is 29.3 Å². The Morgan fingerprint density at radius 2 is 1.88 bits per heavy atom. The largest absolute Gasteiger partial charge is 0.354 e. The fourth-order valence-electron chi connectivity index (χ4n) is 2.66. The Hall–Kier alpha value is -1.60. The number of hydrogen-bond acceptors (Lipinski definition) is 4. The van der Waals surface area contributed by atoms with E-state index in [0.29, 0.717) is 12.2 Å². The summed E-state index contributed by atoms with van der Waals surface area (Å²) >= 11 is 0. The highest BCUT2D eigenvalue weighted by molar-refractivity contribution is 7.92. The monoisotopic (exact) mass is 369 g/mol. The maximum Gasteiger partial charge on any atom is 0.240 e. The molecule has 7 heteroatoms. The molecule has 0 aliphatic heterocycles. The first kappa shape index (κ1) is 21.4. The second kappa shape index (κ2) is 9.20. The van der Waals surface area contributed by atoms with Crippen molar-refractivity contribution in [3.8, 4) is 0 Å². The average molecular weight is 370 g/mol. The lowest BCUT2D eigenvalue weighted by Crippen LogP contribution is -2.41. The van der Waals surface area contributed by atoms with Crippen molar-refractivity contribution in [1.29, 1.82) is 0 Å². The molecule has 1 N–H and O–H groups in total. The molecule has 1 amide bonds. The molecule has 0 fully saturated rings. The van der Waals surface area contributed by atoms with Gasteiger partial charge in [0.05, 0.1) is 11.9 Å². The van der Waals surface area contributed by atoms with Crippen LogP contribution in [0.4, 0.5) is 5.69 Å². The minimum Gasteiger partial charge on any atom is -0.354 e. The third kappa shape index (κ3) is 6.66. The molecule has 1 rings (SSSR count). The van der Waals surface area contributed by atoms with Crippen LogP contribution < -0.4 is 9.62 Å². The number of hydrogen-bond donors (Lipinski definition) is 1. The van der Waals surface area contributed by atoms with Gasteiger partial charge in [0.15, 0.2) is 0 Å². The summed E-state index contributed by atoms with van der Waals surface area (Å²) in [7, 11) is 0.371. The molecule has 0 saturated carbocycles. The number of amides is 1. The fraction of sp³-hybridized carbons (Fsp3) is 0.611. The molecule has 1 aromatic rings. The smallest absolute Gasteiger partial charge is 0.240 e. The van der Waals surface area contributed by atoms with Crippen LogP contribution in [0.25, 0.3) is 0 Å². The predicted octanol–water partition coefficient (Wildman–Crippen LogP) is 1.95. The van der Waals surface area contributed by atoms with Gasteiger partial charge in [-0.05, 0) is 51.0 Å². The summed E-state index contributed by atoms with van der Waals surface area (Å²) in [6.45, 7) is 7.09. The Morgan fingerprint density at radius 1 is 1.24 bits per heavy atom. The molecule has 0 aliphatic carbocycles. The van der Waals surface area contributed by atoms with E-state index in [0.717, 1.165) is 30.3 Å². The van der Waals surface area contributed by atoms with E-state index in [-0.39, 0.29) is 18.4 Å². The Bertz CT molecular complexity index is 685. The number of rotatable bonds is 9. The van der Waals surface area contributed by atoms with E-state index in [1.165, 1.54) is 4.31 Å². The summed E-state index contributed by atoms with van der Waals surface area (Å²) in [6, 6.07) is 5.70. The Kier molecular flexibility index (Phi) is 7.89. The number of benzene rings is 1. The zero-order valence-corrected chi connectivity index (χ0v) is 17.0. The van der Waals surface area contributed by atoms with E-state index in [4.69, 9.17) is 0 Å². The maximum atomic E-state index is 12.4. The lowest BCUT2D eigenvalue weighted by atomic mass is 9.98. The number of anilines is 1. The van der Waals surface area contributed by atoms with E-state index in [1.54, 1.807) is 0 Å². The van der Waals surface area contributed by atoms with Gasteiger partial charge in [0.1, 0.15) is 6.54 Å². The van der Waals surface area contributed by atoms with Crippen LogP contribution in [0.2, 0.25) is 0 Å². The average Bonchev–Trinajstić information content (AvgIpc) is 2.48. The van der Waals surface area contributed by atoms with Crippen molar-refractivity contribution >= 4 is 21.6 Å². The lowest BCUT2D eigenvalue weighted by molar-refractivity contribution is -0.119. The van der Waals surface area contributed by atoms with Crippen molar-refractivity contribution in [1.82, 2.24) is 10.2 Å². The number of nitrogens with one attached hydrogen (secondary N) is 1. The number of carbonyl (C=O) groups excluding carboxylic acids is 1. The molecule has 0 aliphatic rings. The van der Waals surface area contributed by atoms with Gasteiger partial charge in [0.2, 0.25) is 15.9 Å². The Labute approximate surface area is 152 Å². The maximum absolute atomic E-state index is 12.4. The number of nitrogens with zero attached hydrogens (tertiary/aromatic N) is 2. The molecule has 142 valence electrons. The molecule has 0 atom stereocenters. The number of para-hydroxylation sites is 1. The number of carbonyl (C=O) groups is 1. The lowest BCUT2D eigenvalue weighted by Gasteiger charge is -2.27. The van der Waals surface area contributed by atoms with E-state index in [2.05, 4.69) is 5.32 Å². The third-order valence-electron chi connectivity index (χ3n) is 3.93. The molecule has 0 saturated heterocycles. The summed E-state index contributed by atoms with van der Waals surface area (Å²) in [6.07, 6.45) is 1.96. The third-order valence-corrected chi connectivity index (χ3v) is 5.04. The Balaban J connectivity index is 3.00. The topological polar surface area (TPSA) is 69.7 Å². The quantitative estimate of drug-likeness (QED) is 0.676. The highest BCUT2D eigenvalue weighted by atomic mass is 32.2. The van der Waals surface area contributed by atoms with Crippen molar-refractivity contribution in [2.75, 3.05) is 44.3 Å². The Morgan fingerprint density at radius 3 is 2.40 bits per heavy atom. The first-order chi connectivity index (χ1) is 11.5. The van der Waals surface area contributed by atoms with Crippen molar-refractivity contribution in [3.63, 3.8) is 0 Å². The van der Waals surface area contributed by atoms with Gasteiger partial charge in [0.25, 0.3) is 0 Å². The summed E-state index contributed by atoms with van der Waals surface area (Å²) in [5.74, 6) is -0.135. The second-order valence-corrected chi connectivity index (χ2v) is 8.85. The van der Waals surface area contributed by atoms with Gasteiger partial charge < -0.3 is 10.2 Å². The standard InChI is InChI=1S/C18H31N3O3S/c1-14(2)16-10-7-9-15(3)18(16)21(25(6,23)24)13-17(22)19-11-8-12-20(4)5/h7,9-10,14H,8,11-13H2,1-6H3,(H,19,22). The van der Waals surface area contributed by atoms with Gasteiger partial charge in [-0.3, -0.25) is 9.10 Å². The summed E-state index contributed by atoms with van der Waals surface area (Å²) in [4.78, 5) is 14.3. The van der Waals surface area contributed by atoms with Gasteiger partial charge in [-0.25, -0.2) is 8.42 Å². The van der Waals surface area contributed by atoms with E-state index in [1.807, 2.05) is 58.0 Å². The van der Waals surface area contributed by atoms with Gasteiger partial charge in [-0.2, -0.15) is 0 Å². The predicted molar refractivity (Wildman–Crippen MR) is 104 cm³/mol. The molecule has 6 nitrogen and oxygen atoms in total. The van der Waals surface area contributed by atoms with Crippen molar-refractivity contribution in [2.45, 2.75) is 33.1 Å². The number of sulfonamides is 1. The minimum atomic E-state index is -3.57. The number of aryl methyl sites for hydroxylation is 1. The first-order valence-electron chi connectivity index (χ1n) is 8.52. The zero-order valence-electron chi connectivity index (χ0n) is 16.2. The van der Waals surface area contributed by atoms with Gasteiger partial charge in [-0.15, -0.1) is 0 Å². The molecule has 0 aromatic heterocycles. The van der Waals surface area contributed by atoms with Crippen molar-refractivity contribution in [2.24, 2.45) is 0 Å². The normalized spacial score (nSPS) is 11.8. The molecular formula is C18H31N3O3S. The molecule has 25 heavy (non-hydrogen) atoms. The van der Waals surface area contributed by atoms with E-state index in [9.17, 15) is 13.2 Å². The highest BCUT2D eigenvalue weighted by Crippen LogP contribution is 2.32. The van der Waals surface area contributed by atoms with Crippen LogP contribution in [-0.4, -0.2) is 59.2 Å². The molecule has 0 spiro atoms. The molecule has 0 radical (unpaired) electrons. The van der Waals surface area contributed by atoms with Crippen molar-refractivity contribution < 1.29 is 13.2 Å². The zero-order chi connectivity index (χ0) is 19.2. The van der Waals surface area contributed by atoms with E-state index >= 15 is 0 Å². The first-order valence-corrected chi connectivity index (χ1v) is 10.4. The fourth-order valence-corrected chi connectivity index (χ4v) is 3.59. The molecule has 1 aromatic carbocycles. The summed E-state index contributed by atoms with van der Waals surface area (Å²) in [5, 5.41) is 2.81. The SMILES string of the molecule is Cc1cccc(C(C)C)c1N(CC(=O)NCCCN(C)C)S(C)(=O)=O. The van der Waals surface area contributed by atoms with Crippen LogP contribution in [0.5, 0.6) is 0 Å². The van der Waals surface area contributed by atoms with Crippen LogP contribution in [-0.2, 0) is 14.8 Å². The second-order valence-electron chi connectivity index (χ2n) is 6.94. The van der Waals surface area contributed by atoms with Crippen LogP contribution in [0, 0.1) is 6.92 Å². The highest BCUT2D eigenvalue weighted by Gasteiger charge is 2.25. The molecule has 0 bridgehead atoms. The van der Waals surface area contributed by atoms with E-state index < -0.39 is 10.0 Å². The molecule has 0 heterocycles. The van der Waals surface area contributed by atoms with Gasteiger partial charge in [-0.1, -0.05) is 32.0 Å². The minimum absolute atomic E-state index is 0.155. The van der Waals surface area contributed by atoms with Crippen LogP contribution in [0.3, 0.4) is 0 Å². The summed E-state index contributed by atoms with van der Waals surface area (Å²) < 4.78 is 25.9.